The maximum Gasteiger partial charge on any atom is 0.220 e. The van der Waals surface area contributed by atoms with Crippen molar-refractivity contribution in [3.63, 3.8) is 0 Å². The van der Waals surface area contributed by atoms with Crippen LogP contribution >= 0.6 is 22.7 Å². The van der Waals surface area contributed by atoms with Crippen molar-refractivity contribution in [3.05, 3.63) is 245 Å². The Kier molecular flexibility index (Phi) is 9.82. The van der Waals surface area contributed by atoms with Crippen molar-refractivity contribution in [1.82, 2.24) is 9.13 Å². The number of nitriles is 1. The van der Waals surface area contributed by atoms with E-state index in [4.69, 9.17) is 4.85 Å². The molecule has 0 bridgehead atoms. The van der Waals surface area contributed by atoms with Gasteiger partial charge in [-0.25, -0.2) is 4.85 Å². The van der Waals surface area contributed by atoms with Crippen LogP contribution in [0.2, 0.25) is 0 Å². The van der Waals surface area contributed by atoms with E-state index in [1.807, 2.05) is 22.7 Å². The zero-order chi connectivity index (χ0) is 54.8. The minimum Gasteiger partial charge on any atom is -0.317 e. The summed E-state index contributed by atoms with van der Waals surface area (Å²) in [6, 6.07) is 78.2. The highest BCUT2D eigenvalue weighted by Crippen LogP contribution is 2.57. The Hall–Kier alpha value is -10.1. The van der Waals surface area contributed by atoms with Crippen molar-refractivity contribution < 1.29 is 0 Å². The Morgan fingerprint density at radius 2 is 0.768 bits per heavy atom. The van der Waals surface area contributed by atoms with Crippen molar-refractivity contribution in [2.24, 2.45) is 0 Å². The van der Waals surface area contributed by atoms with Crippen LogP contribution in [-0.2, 0) is 0 Å². The van der Waals surface area contributed by atoms with Crippen LogP contribution in [0.3, 0.4) is 0 Å². The Labute approximate surface area is 479 Å². The topological polar surface area (TPSA) is 38.0 Å². The van der Waals surface area contributed by atoms with E-state index in [2.05, 4.69) is 249 Å². The number of hydrogen-bond donors (Lipinski definition) is 0. The van der Waals surface area contributed by atoms with Crippen molar-refractivity contribution in [3.8, 4) is 39.7 Å². The molecule has 0 fully saturated rings. The molecule has 4 heterocycles. The standard InChI is InChI=1S/C76H46N4S2/c1-41-34-59-55-30-32-57-53-26-14-16-28-66(53)81-75(57)72(55)79(64(59)36-43(41)3)71-63(40-77)68(61-38-45-18-6-8-20-47(45)49-22-10-12-24-51(49)61)70(78-5)74(69(71)62-39-46-19-7-9-21-48(46)50-23-11-13-25-52(50)62)80-65-37-44(4)42(2)35-60(65)56-31-33-58-54-27-15-17-29-67(54)82-76(58)73(56)80/h6-39H,1-4H3. The van der Waals surface area contributed by atoms with Gasteiger partial charge in [-0.3, -0.25) is 0 Å². The van der Waals surface area contributed by atoms with Gasteiger partial charge in [0.25, 0.3) is 0 Å². The molecule has 6 heteroatoms. The quantitative estimate of drug-likeness (QED) is 0.128. The SMILES string of the molecule is [C-]#[N+]c1c(-c2cc3ccccc3c3ccccc23)c(C#N)c(-n2c3cc(C)c(C)cc3c3ccc4c5ccccc5sc4c32)c(-c2cc3ccccc3c3ccccc23)c1-n1c2cc(C)c(C)cc2c2ccc3c4ccccc4sc3c21. The van der Waals surface area contributed by atoms with Crippen molar-refractivity contribution >= 4 is 155 Å². The first-order chi connectivity index (χ1) is 40.3. The fourth-order valence-electron chi connectivity index (χ4n) is 13.9. The summed E-state index contributed by atoms with van der Waals surface area (Å²) in [6.45, 7) is 18.9. The van der Waals surface area contributed by atoms with Gasteiger partial charge < -0.3 is 9.13 Å². The average molecular weight is 1080 g/mol. The molecule has 0 aliphatic rings. The average Bonchev–Trinajstić information content (AvgIpc) is 3.26. The molecule has 13 aromatic carbocycles. The molecular weight excluding hydrogens is 1030 g/mol. The van der Waals surface area contributed by atoms with Crippen LogP contribution in [0, 0.1) is 45.6 Å². The summed E-state index contributed by atoms with van der Waals surface area (Å²) in [5, 5.41) is 30.6. The van der Waals surface area contributed by atoms with Gasteiger partial charge in [-0.15, -0.1) is 22.7 Å². The smallest absolute Gasteiger partial charge is 0.220 e. The van der Waals surface area contributed by atoms with Crippen LogP contribution in [0.15, 0.2) is 206 Å². The molecule has 0 spiro atoms. The zero-order valence-corrected chi connectivity index (χ0v) is 46.9. The Bertz CT molecular complexity index is 5610. The first-order valence-corrected chi connectivity index (χ1v) is 29.5. The fourth-order valence-corrected chi connectivity index (χ4v) is 16.4. The summed E-state index contributed by atoms with van der Waals surface area (Å²) >= 11 is 3.62. The fraction of sp³-hybridized carbons (Fsp3) is 0.0526. The van der Waals surface area contributed by atoms with E-state index in [-0.39, 0.29) is 0 Å². The number of thiophene rings is 2. The maximum absolute atomic E-state index is 12.9. The van der Waals surface area contributed by atoms with Crippen LogP contribution in [-0.4, -0.2) is 9.13 Å². The van der Waals surface area contributed by atoms with E-state index < -0.39 is 0 Å². The van der Waals surface area contributed by atoms with Gasteiger partial charge in [-0.2, -0.15) is 5.26 Å². The highest BCUT2D eigenvalue weighted by atomic mass is 32.1. The van der Waals surface area contributed by atoms with Crippen LogP contribution in [0.5, 0.6) is 0 Å². The summed E-state index contributed by atoms with van der Waals surface area (Å²) < 4.78 is 9.63. The van der Waals surface area contributed by atoms with E-state index in [9.17, 15) is 11.8 Å². The predicted octanol–water partition coefficient (Wildman–Crippen LogP) is 22.2. The number of rotatable bonds is 4. The molecule has 0 aliphatic heterocycles. The summed E-state index contributed by atoms with van der Waals surface area (Å²) in [5.41, 5.74) is 14.4. The second kappa shape index (κ2) is 17.2. The Morgan fingerprint density at radius 1 is 0.378 bits per heavy atom. The Morgan fingerprint density at radius 3 is 1.24 bits per heavy atom. The maximum atomic E-state index is 12.9. The number of fused-ring (bicyclic) bond motifs is 20. The predicted molar refractivity (Wildman–Crippen MR) is 352 cm³/mol. The third-order valence-electron chi connectivity index (χ3n) is 17.9. The largest absolute Gasteiger partial charge is 0.317 e. The Balaban J connectivity index is 1.23. The molecule has 0 N–H and O–H groups in total. The molecule has 82 heavy (non-hydrogen) atoms. The second-order valence-electron chi connectivity index (χ2n) is 22.2. The minimum atomic E-state index is 0.419. The van der Waals surface area contributed by atoms with Gasteiger partial charge in [0.05, 0.1) is 55.0 Å². The normalized spacial score (nSPS) is 12.1. The summed E-state index contributed by atoms with van der Waals surface area (Å²) in [5.74, 6) is 0. The lowest BCUT2D eigenvalue weighted by atomic mass is 9.84. The molecule has 4 aromatic heterocycles. The van der Waals surface area contributed by atoms with Gasteiger partial charge in [0.2, 0.25) is 5.69 Å². The van der Waals surface area contributed by atoms with Crippen molar-refractivity contribution in [2.75, 3.05) is 0 Å². The summed E-state index contributed by atoms with van der Waals surface area (Å²) in [6.07, 6.45) is 0. The molecule has 0 unspecified atom stereocenters. The van der Waals surface area contributed by atoms with Crippen molar-refractivity contribution in [1.29, 1.82) is 5.26 Å². The van der Waals surface area contributed by atoms with Gasteiger partial charge >= 0.3 is 0 Å². The van der Waals surface area contributed by atoms with Gasteiger partial charge in [0.1, 0.15) is 6.07 Å². The van der Waals surface area contributed by atoms with Gasteiger partial charge in [-0.05, 0) is 153 Å². The monoisotopic (exact) mass is 1080 g/mol. The van der Waals surface area contributed by atoms with E-state index >= 15 is 0 Å². The number of hydrogen-bond acceptors (Lipinski definition) is 3. The van der Waals surface area contributed by atoms with Gasteiger partial charge in [0.15, 0.2) is 0 Å². The van der Waals surface area contributed by atoms with E-state index in [1.54, 1.807) is 0 Å². The molecule has 0 saturated heterocycles. The number of aryl methyl sites for hydroxylation is 4. The number of nitrogens with zero attached hydrogens (tertiary/aromatic N) is 4. The molecule has 0 aliphatic carbocycles. The zero-order valence-electron chi connectivity index (χ0n) is 45.2. The molecule has 0 saturated carbocycles. The van der Waals surface area contributed by atoms with Gasteiger partial charge in [0, 0.05) is 63.6 Å². The highest BCUT2D eigenvalue weighted by molar-refractivity contribution is 7.27. The lowest BCUT2D eigenvalue weighted by Gasteiger charge is -2.27. The first-order valence-electron chi connectivity index (χ1n) is 27.8. The molecular formula is C76H46N4S2. The van der Waals surface area contributed by atoms with E-state index in [0.29, 0.717) is 16.8 Å². The lowest BCUT2D eigenvalue weighted by molar-refractivity contribution is 1.14. The number of benzene rings is 13. The molecule has 382 valence electrons. The van der Waals surface area contributed by atoms with Crippen LogP contribution in [0.25, 0.3) is 166 Å². The molecule has 17 aromatic rings. The second-order valence-corrected chi connectivity index (χ2v) is 24.3. The molecule has 0 atom stereocenters. The van der Waals surface area contributed by atoms with Gasteiger partial charge in [-0.1, -0.05) is 158 Å². The van der Waals surface area contributed by atoms with E-state index in [1.165, 1.54) is 42.1 Å². The lowest BCUT2D eigenvalue weighted by Crippen LogP contribution is -2.09. The van der Waals surface area contributed by atoms with Crippen LogP contribution in [0.1, 0.15) is 27.8 Å². The molecule has 17 rings (SSSR count). The third kappa shape index (κ3) is 6.28. The molecule has 0 radical (unpaired) electrons. The third-order valence-corrected chi connectivity index (χ3v) is 20.3. The van der Waals surface area contributed by atoms with E-state index in [0.717, 1.165) is 135 Å². The van der Waals surface area contributed by atoms with Crippen LogP contribution in [0.4, 0.5) is 5.69 Å². The summed E-state index contributed by atoms with van der Waals surface area (Å²) in [4.78, 5) is 4.93. The first kappa shape index (κ1) is 46.8. The van der Waals surface area contributed by atoms with Crippen LogP contribution < -0.4 is 0 Å². The number of aromatic nitrogens is 2. The minimum absolute atomic E-state index is 0.419. The molecule has 0 amide bonds. The highest BCUT2D eigenvalue weighted by Gasteiger charge is 2.35. The summed E-state index contributed by atoms with van der Waals surface area (Å²) in [7, 11) is 0. The van der Waals surface area contributed by atoms with Crippen molar-refractivity contribution in [2.45, 2.75) is 27.7 Å². The molecule has 4 nitrogen and oxygen atoms in total.